The first kappa shape index (κ1) is 18.4. The summed E-state index contributed by atoms with van der Waals surface area (Å²) in [4.78, 5) is 30.0. The van der Waals surface area contributed by atoms with Crippen LogP contribution in [0.4, 0.5) is 11.4 Å². The number of hydrogen-bond donors (Lipinski definition) is 0. The first-order chi connectivity index (χ1) is 13.5. The van der Waals surface area contributed by atoms with Crippen molar-refractivity contribution in [2.75, 3.05) is 11.4 Å². The van der Waals surface area contributed by atoms with E-state index in [0.29, 0.717) is 18.8 Å². The third-order valence-electron chi connectivity index (χ3n) is 5.02. The molecule has 2 aromatic carbocycles. The Balaban J connectivity index is 1.71. The van der Waals surface area contributed by atoms with Gasteiger partial charge in [-0.15, -0.1) is 0 Å². The minimum absolute atomic E-state index is 0.0736. The third-order valence-corrected chi connectivity index (χ3v) is 5.76. The lowest BCUT2D eigenvalue weighted by atomic mass is 9.98. The Labute approximate surface area is 169 Å². The molecule has 0 atom stereocenters. The molecule has 0 aliphatic carbocycles. The summed E-state index contributed by atoms with van der Waals surface area (Å²) in [5.74, 6) is -0.0910. The minimum Gasteiger partial charge on any atom is -0.361 e. The normalized spacial score (nSPS) is 13.3. The number of hydrogen-bond acceptors (Lipinski definition) is 5. The summed E-state index contributed by atoms with van der Waals surface area (Å²) in [6, 6.07) is 10.7. The van der Waals surface area contributed by atoms with Crippen LogP contribution in [0, 0.1) is 10.1 Å². The molecule has 142 valence electrons. The van der Waals surface area contributed by atoms with Crippen LogP contribution in [-0.2, 0) is 20.0 Å². The number of nitro groups is 1. The van der Waals surface area contributed by atoms with Crippen LogP contribution in [0.2, 0.25) is 0 Å². The van der Waals surface area contributed by atoms with Gasteiger partial charge < -0.3 is 9.47 Å². The molecule has 0 saturated heterocycles. The van der Waals surface area contributed by atoms with E-state index in [1.165, 1.54) is 17.8 Å². The molecule has 8 heteroatoms. The Kier molecular flexibility index (Phi) is 4.72. The zero-order chi connectivity index (χ0) is 19.8. The van der Waals surface area contributed by atoms with Crippen LogP contribution in [-0.4, -0.2) is 26.8 Å². The van der Waals surface area contributed by atoms with Gasteiger partial charge in [0.25, 0.3) is 5.69 Å². The Bertz CT molecular complexity index is 1090. The maximum atomic E-state index is 12.7. The smallest absolute Gasteiger partial charge is 0.293 e. The zero-order valence-electron chi connectivity index (χ0n) is 15.1. The number of ketones is 1. The quantitative estimate of drug-likeness (QED) is 0.349. The summed E-state index contributed by atoms with van der Waals surface area (Å²) >= 11 is 3.57. The molecule has 3 aromatic rings. The molecule has 0 radical (unpaired) electrons. The maximum Gasteiger partial charge on any atom is 0.293 e. The fourth-order valence-corrected chi connectivity index (χ4v) is 4.07. The van der Waals surface area contributed by atoms with Crippen LogP contribution >= 0.6 is 15.9 Å². The van der Waals surface area contributed by atoms with Crippen LogP contribution in [0.3, 0.4) is 0 Å². The lowest BCUT2D eigenvalue weighted by Gasteiger charge is -2.31. The minimum atomic E-state index is -0.430. The fourth-order valence-electron chi connectivity index (χ4n) is 3.54. The standard InChI is InChI=1S/C20H17BrN4O3/c1-23-10-8-22-20(23)19(26)14-5-6-17(18(11-14)25(27)28)24-9-7-13-3-2-4-16(21)15(13)12-24/h2-6,8,10-11H,7,9,12H2,1H3. The van der Waals surface area contributed by atoms with Crippen LogP contribution in [0.5, 0.6) is 0 Å². The van der Waals surface area contributed by atoms with Gasteiger partial charge in [0.1, 0.15) is 5.69 Å². The van der Waals surface area contributed by atoms with Crippen LogP contribution in [0.1, 0.15) is 27.3 Å². The molecule has 0 N–H and O–H groups in total. The Morgan fingerprint density at radius 3 is 2.82 bits per heavy atom. The van der Waals surface area contributed by atoms with Gasteiger partial charge in [0.05, 0.1) is 4.92 Å². The van der Waals surface area contributed by atoms with Gasteiger partial charge in [-0.05, 0) is 35.7 Å². The predicted octanol–water partition coefficient (Wildman–Crippen LogP) is 3.88. The number of nitro benzene ring substituents is 1. The number of imidazole rings is 1. The molecule has 28 heavy (non-hydrogen) atoms. The molecule has 4 rings (SSSR count). The highest BCUT2D eigenvalue weighted by Crippen LogP contribution is 2.35. The third kappa shape index (κ3) is 3.20. The van der Waals surface area contributed by atoms with Gasteiger partial charge in [-0.1, -0.05) is 28.1 Å². The number of nitrogens with zero attached hydrogens (tertiary/aromatic N) is 4. The van der Waals surface area contributed by atoms with Crippen molar-refractivity contribution in [3.05, 3.63) is 85.9 Å². The van der Waals surface area contributed by atoms with E-state index in [0.717, 1.165) is 16.5 Å². The molecular weight excluding hydrogens is 424 g/mol. The first-order valence-corrected chi connectivity index (χ1v) is 9.56. The Hall–Kier alpha value is -3.00. The average molecular weight is 441 g/mol. The Morgan fingerprint density at radius 1 is 1.29 bits per heavy atom. The lowest BCUT2D eigenvalue weighted by molar-refractivity contribution is -0.384. The lowest BCUT2D eigenvalue weighted by Crippen LogP contribution is -2.31. The van der Waals surface area contributed by atoms with E-state index in [1.807, 2.05) is 17.0 Å². The summed E-state index contributed by atoms with van der Waals surface area (Å²) in [6.45, 7) is 1.25. The number of benzene rings is 2. The number of anilines is 1. The molecule has 0 unspecified atom stereocenters. The predicted molar refractivity (Wildman–Crippen MR) is 109 cm³/mol. The van der Waals surface area contributed by atoms with Crippen LogP contribution in [0.15, 0.2) is 53.3 Å². The van der Waals surface area contributed by atoms with Gasteiger partial charge in [0.15, 0.2) is 5.82 Å². The number of rotatable bonds is 4. The maximum absolute atomic E-state index is 12.7. The molecule has 0 amide bonds. The van der Waals surface area contributed by atoms with Gasteiger partial charge in [0.2, 0.25) is 5.78 Å². The molecule has 0 spiro atoms. The van der Waals surface area contributed by atoms with E-state index in [2.05, 4.69) is 27.0 Å². The molecule has 0 bridgehead atoms. The highest BCUT2D eigenvalue weighted by atomic mass is 79.9. The monoisotopic (exact) mass is 440 g/mol. The van der Waals surface area contributed by atoms with Crippen molar-refractivity contribution in [1.82, 2.24) is 9.55 Å². The number of carbonyl (C=O) groups is 1. The van der Waals surface area contributed by atoms with Gasteiger partial charge in [0, 0.05) is 48.6 Å². The highest BCUT2D eigenvalue weighted by Gasteiger charge is 2.26. The van der Waals surface area contributed by atoms with E-state index >= 15 is 0 Å². The molecule has 0 saturated carbocycles. The highest BCUT2D eigenvalue weighted by molar-refractivity contribution is 9.10. The van der Waals surface area contributed by atoms with E-state index in [4.69, 9.17) is 0 Å². The molecule has 7 nitrogen and oxygen atoms in total. The summed E-state index contributed by atoms with van der Waals surface area (Å²) in [5.41, 5.74) is 3.08. The number of fused-ring (bicyclic) bond motifs is 1. The van der Waals surface area contributed by atoms with Crippen LogP contribution < -0.4 is 4.90 Å². The van der Waals surface area contributed by atoms with Gasteiger partial charge in [-0.3, -0.25) is 14.9 Å². The zero-order valence-corrected chi connectivity index (χ0v) is 16.7. The molecular formula is C20H17BrN4O3. The second kappa shape index (κ2) is 7.20. The van der Waals surface area contributed by atoms with E-state index in [1.54, 1.807) is 29.9 Å². The largest absolute Gasteiger partial charge is 0.361 e. The van der Waals surface area contributed by atoms with E-state index < -0.39 is 4.92 Å². The number of carbonyl (C=O) groups excluding carboxylic acids is 1. The Morgan fingerprint density at radius 2 is 2.11 bits per heavy atom. The SMILES string of the molecule is Cn1ccnc1C(=O)c1ccc(N2CCc3cccc(Br)c3C2)c([N+](=O)[O-])c1. The summed E-state index contributed by atoms with van der Waals surface area (Å²) in [7, 11) is 1.71. The molecule has 1 aliphatic rings. The van der Waals surface area contributed by atoms with Crippen molar-refractivity contribution in [2.45, 2.75) is 13.0 Å². The van der Waals surface area contributed by atoms with Crippen molar-refractivity contribution in [3.8, 4) is 0 Å². The van der Waals surface area contributed by atoms with Gasteiger partial charge >= 0.3 is 0 Å². The average Bonchev–Trinajstić information content (AvgIpc) is 3.13. The fraction of sp³-hybridized carbons (Fsp3) is 0.200. The van der Waals surface area contributed by atoms with Crippen molar-refractivity contribution in [2.24, 2.45) is 7.05 Å². The molecule has 2 heterocycles. The van der Waals surface area contributed by atoms with Crippen molar-refractivity contribution < 1.29 is 9.72 Å². The molecule has 1 aliphatic heterocycles. The number of halogens is 1. The summed E-state index contributed by atoms with van der Waals surface area (Å²) in [5, 5.41) is 11.7. The number of aromatic nitrogens is 2. The summed E-state index contributed by atoms with van der Waals surface area (Å²) < 4.78 is 2.60. The van der Waals surface area contributed by atoms with Crippen molar-refractivity contribution in [1.29, 1.82) is 0 Å². The van der Waals surface area contributed by atoms with Crippen LogP contribution in [0.25, 0.3) is 0 Å². The topological polar surface area (TPSA) is 81.3 Å². The number of aryl methyl sites for hydroxylation is 1. The van der Waals surface area contributed by atoms with Crippen molar-refractivity contribution in [3.63, 3.8) is 0 Å². The second-order valence-electron chi connectivity index (χ2n) is 6.70. The molecule has 1 aromatic heterocycles. The summed E-state index contributed by atoms with van der Waals surface area (Å²) in [6.07, 6.45) is 4.00. The van der Waals surface area contributed by atoms with Gasteiger partial charge in [-0.25, -0.2) is 4.98 Å². The van der Waals surface area contributed by atoms with E-state index in [-0.39, 0.29) is 22.9 Å². The van der Waals surface area contributed by atoms with Gasteiger partial charge in [-0.2, -0.15) is 0 Å². The second-order valence-corrected chi connectivity index (χ2v) is 7.55. The molecule has 0 fully saturated rings. The van der Waals surface area contributed by atoms with E-state index in [9.17, 15) is 14.9 Å². The van der Waals surface area contributed by atoms with Crippen molar-refractivity contribution >= 4 is 33.1 Å². The first-order valence-electron chi connectivity index (χ1n) is 8.77.